The predicted octanol–water partition coefficient (Wildman–Crippen LogP) is 3.47. The summed E-state index contributed by atoms with van der Waals surface area (Å²) in [4.78, 5) is 25.6. The van der Waals surface area contributed by atoms with Crippen LogP contribution < -0.4 is 0 Å². The van der Waals surface area contributed by atoms with E-state index in [1.165, 1.54) is 6.92 Å². The zero-order chi connectivity index (χ0) is 21.6. The molecule has 0 bridgehead atoms. The molecule has 0 N–H and O–H groups in total. The van der Waals surface area contributed by atoms with Gasteiger partial charge in [-0.05, 0) is 23.6 Å². The summed E-state index contributed by atoms with van der Waals surface area (Å²) in [5, 5.41) is -1.20. The highest BCUT2D eigenvalue weighted by atomic mass is 79.9. The number of carbonyl (C=O) groups is 2. The van der Waals surface area contributed by atoms with Crippen LogP contribution in [-0.4, -0.2) is 35.4 Å². The first-order valence-corrected chi connectivity index (χ1v) is 11.6. The molecule has 0 spiro atoms. The molecule has 0 aliphatic carbocycles. The molecule has 2 atom stereocenters. The maximum atomic E-state index is 13.2. The van der Waals surface area contributed by atoms with Crippen LogP contribution in [0.25, 0.3) is 0 Å². The van der Waals surface area contributed by atoms with Crippen molar-refractivity contribution < 1.29 is 22.7 Å². The summed E-state index contributed by atoms with van der Waals surface area (Å²) in [5.74, 6) is -1.28. The fourth-order valence-electron chi connectivity index (χ4n) is 3.63. The number of allylic oxidation sites excluding steroid dienone is 1. The number of benzene rings is 2. The highest BCUT2D eigenvalue weighted by molar-refractivity contribution is 9.10. The molecule has 1 saturated heterocycles. The maximum absolute atomic E-state index is 13.2. The molecular weight excluding hydrogens is 470 g/mol. The number of fused-ring (bicyclic) bond motifs is 1. The first kappa shape index (κ1) is 20.6. The molecule has 0 aromatic heterocycles. The van der Waals surface area contributed by atoms with E-state index in [1.807, 2.05) is 60.7 Å². The van der Waals surface area contributed by atoms with Gasteiger partial charge in [-0.25, -0.2) is 13.2 Å². The molecule has 2 aromatic rings. The molecule has 6 nitrogen and oxygen atoms in total. The smallest absolute Gasteiger partial charge is 0.356 e. The number of β-lactam (4-membered cyclic amide) rings is 1. The summed E-state index contributed by atoms with van der Waals surface area (Å²) < 4.78 is 31.2. The highest BCUT2D eigenvalue weighted by Crippen LogP contribution is 2.44. The van der Waals surface area contributed by atoms with Gasteiger partial charge in [0.1, 0.15) is 10.5 Å². The van der Waals surface area contributed by atoms with E-state index in [9.17, 15) is 18.0 Å². The summed E-state index contributed by atoms with van der Waals surface area (Å²) in [6.45, 7) is 5.10. The minimum atomic E-state index is -3.83. The van der Waals surface area contributed by atoms with Crippen molar-refractivity contribution in [3.05, 3.63) is 94.5 Å². The van der Waals surface area contributed by atoms with Gasteiger partial charge in [0.15, 0.2) is 11.5 Å². The topological polar surface area (TPSA) is 80.8 Å². The molecule has 2 aliphatic rings. The first-order valence-electron chi connectivity index (χ1n) is 9.17. The van der Waals surface area contributed by atoms with Gasteiger partial charge in [0.25, 0.3) is 0 Å². The Morgan fingerprint density at radius 3 is 2.07 bits per heavy atom. The van der Waals surface area contributed by atoms with Crippen molar-refractivity contribution in [2.75, 3.05) is 0 Å². The third-order valence-electron chi connectivity index (χ3n) is 5.28. The third kappa shape index (κ3) is 3.11. The summed E-state index contributed by atoms with van der Waals surface area (Å²) in [6, 6.07) is 18.4. The Balaban J connectivity index is 1.75. The molecule has 0 saturated carbocycles. The van der Waals surface area contributed by atoms with Gasteiger partial charge < -0.3 is 4.74 Å². The Labute approximate surface area is 182 Å². The van der Waals surface area contributed by atoms with E-state index in [0.717, 1.165) is 16.0 Å². The van der Waals surface area contributed by atoms with E-state index >= 15 is 0 Å². The van der Waals surface area contributed by atoms with Gasteiger partial charge in [0.2, 0.25) is 15.7 Å². The van der Waals surface area contributed by atoms with E-state index in [-0.39, 0.29) is 16.2 Å². The van der Waals surface area contributed by atoms with Crippen molar-refractivity contribution in [3.63, 3.8) is 0 Å². The van der Waals surface area contributed by atoms with Gasteiger partial charge in [-0.1, -0.05) is 83.2 Å². The average molecular weight is 488 g/mol. The van der Waals surface area contributed by atoms with Crippen LogP contribution >= 0.6 is 15.9 Å². The quantitative estimate of drug-likeness (QED) is 0.374. The molecule has 2 aliphatic heterocycles. The molecule has 2 aromatic carbocycles. The Morgan fingerprint density at radius 2 is 1.57 bits per heavy atom. The monoisotopic (exact) mass is 487 g/mol. The SMILES string of the molecule is C=C1C(C)=C(C(=O)OC(c2ccccc2)c2ccccc2)N2C(=O)[C@H](Br)[C@H]2S1(=O)=O. The van der Waals surface area contributed by atoms with E-state index in [1.54, 1.807) is 0 Å². The van der Waals surface area contributed by atoms with Crippen LogP contribution in [0.15, 0.2) is 83.4 Å². The fraction of sp³-hybridized carbons (Fsp3) is 0.182. The summed E-state index contributed by atoms with van der Waals surface area (Å²) in [6.07, 6.45) is -0.721. The molecule has 4 rings (SSSR count). The normalized spacial score (nSPS) is 22.6. The van der Waals surface area contributed by atoms with Gasteiger partial charge >= 0.3 is 5.97 Å². The Morgan fingerprint density at radius 1 is 1.07 bits per heavy atom. The second kappa shape index (κ2) is 7.52. The van der Waals surface area contributed by atoms with Gasteiger partial charge in [-0.3, -0.25) is 9.69 Å². The number of ether oxygens (including phenoxy) is 1. The van der Waals surface area contributed by atoms with E-state index in [4.69, 9.17) is 4.74 Å². The van der Waals surface area contributed by atoms with Crippen molar-refractivity contribution in [1.82, 2.24) is 4.90 Å². The minimum absolute atomic E-state index is 0.0858. The number of rotatable bonds is 4. The Hall–Kier alpha value is -2.71. The number of halogens is 1. The van der Waals surface area contributed by atoms with Crippen LogP contribution in [0.5, 0.6) is 0 Å². The summed E-state index contributed by atoms with van der Waals surface area (Å²) in [7, 11) is -3.83. The zero-order valence-corrected chi connectivity index (χ0v) is 18.4. The Kier molecular flexibility index (Phi) is 5.15. The number of alkyl halides is 1. The largest absolute Gasteiger partial charge is 0.448 e. The second-order valence-corrected chi connectivity index (χ2v) is 10.1. The van der Waals surface area contributed by atoms with Gasteiger partial charge in [-0.15, -0.1) is 0 Å². The number of nitrogens with zero attached hydrogens (tertiary/aromatic N) is 1. The first-order chi connectivity index (χ1) is 14.2. The molecule has 0 unspecified atom stereocenters. The van der Waals surface area contributed by atoms with Crippen molar-refractivity contribution in [2.45, 2.75) is 23.2 Å². The van der Waals surface area contributed by atoms with Crippen LogP contribution in [-0.2, 0) is 24.2 Å². The number of hydrogen-bond donors (Lipinski definition) is 0. The van der Waals surface area contributed by atoms with Crippen LogP contribution in [0.2, 0.25) is 0 Å². The lowest BCUT2D eigenvalue weighted by molar-refractivity contribution is -0.151. The minimum Gasteiger partial charge on any atom is -0.448 e. The summed E-state index contributed by atoms with van der Waals surface area (Å²) >= 11 is 3.11. The molecule has 0 radical (unpaired) electrons. The molecule has 1 amide bonds. The highest BCUT2D eigenvalue weighted by Gasteiger charge is 2.60. The Bertz CT molecular complexity index is 1140. The van der Waals surface area contributed by atoms with Gasteiger partial charge in [0.05, 0.1) is 4.91 Å². The third-order valence-corrected chi connectivity index (χ3v) is 8.63. The lowest BCUT2D eigenvalue weighted by atomic mass is 10.0. The average Bonchev–Trinajstić information content (AvgIpc) is 2.76. The van der Waals surface area contributed by atoms with Crippen molar-refractivity contribution in [2.24, 2.45) is 0 Å². The summed E-state index contributed by atoms with van der Waals surface area (Å²) in [5.41, 5.74) is 1.53. The van der Waals surface area contributed by atoms with Crippen LogP contribution in [0.3, 0.4) is 0 Å². The second-order valence-electron chi connectivity index (χ2n) is 7.05. The molecular formula is C22H18BrNO5S. The number of esters is 1. The van der Waals surface area contributed by atoms with Gasteiger partial charge in [-0.2, -0.15) is 0 Å². The lowest BCUT2D eigenvalue weighted by Crippen LogP contribution is -2.67. The number of hydrogen-bond acceptors (Lipinski definition) is 5. The van der Waals surface area contributed by atoms with E-state index in [2.05, 4.69) is 22.5 Å². The number of amides is 1. The van der Waals surface area contributed by atoms with Crippen molar-refractivity contribution in [3.8, 4) is 0 Å². The zero-order valence-electron chi connectivity index (χ0n) is 16.0. The fourth-order valence-corrected chi connectivity index (χ4v) is 6.68. The van der Waals surface area contributed by atoms with Crippen molar-refractivity contribution >= 4 is 37.6 Å². The maximum Gasteiger partial charge on any atom is 0.356 e. The molecule has 1 fully saturated rings. The lowest BCUT2D eigenvalue weighted by Gasteiger charge is -2.47. The van der Waals surface area contributed by atoms with Crippen molar-refractivity contribution in [1.29, 1.82) is 0 Å². The predicted molar refractivity (Wildman–Crippen MR) is 115 cm³/mol. The molecule has 30 heavy (non-hydrogen) atoms. The number of carbonyl (C=O) groups excluding carboxylic acids is 2. The van der Waals surface area contributed by atoms with E-state index < -0.39 is 38.0 Å². The molecule has 8 heteroatoms. The van der Waals surface area contributed by atoms with Crippen LogP contribution in [0.1, 0.15) is 24.2 Å². The molecule has 154 valence electrons. The van der Waals surface area contributed by atoms with Gasteiger partial charge in [0, 0.05) is 0 Å². The molecule has 2 heterocycles. The van der Waals surface area contributed by atoms with Crippen LogP contribution in [0.4, 0.5) is 0 Å². The van der Waals surface area contributed by atoms with Crippen LogP contribution in [0, 0.1) is 0 Å². The number of sulfone groups is 1. The van der Waals surface area contributed by atoms with E-state index in [0.29, 0.717) is 0 Å². The standard InChI is InChI=1S/C22H18BrNO5S/c1-13-14(2)30(27,28)21-17(23)20(25)24(21)18(13)22(26)29-19(15-9-5-3-6-10-15)16-11-7-4-8-12-16/h3-12,17,19,21H,2H2,1H3/t17-,21+/m0/s1.